The van der Waals surface area contributed by atoms with Crippen LogP contribution in [0.3, 0.4) is 0 Å². The summed E-state index contributed by atoms with van der Waals surface area (Å²) in [4.78, 5) is 18.7. The molecule has 2 N–H and O–H groups in total. The summed E-state index contributed by atoms with van der Waals surface area (Å²) in [6.45, 7) is 2.29. The molecule has 1 aromatic carbocycles. The number of halogens is 3. The van der Waals surface area contributed by atoms with Crippen LogP contribution in [0, 0.1) is 11.7 Å². The van der Waals surface area contributed by atoms with Gasteiger partial charge in [-0.25, -0.2) is 18.2 Å². The average molecular weight is 606 g/mol. The summed E-state index contributed by atoms with van der Waals surface area (Å²) in [5.74, 6) is -4.08. The Morgan fingerprint density at radius 3 is 2.81 bits per heavy atom. The quantitative estimate of drug-likeness (QED) is 0.278. The minimum atomic E-state index is -2.95. The van der Waals surface area contributed by atoms with Crippen molar-refractivity contribution in [2.24, 2.45) is 5.92 Å². The first kappa shape index (κ1) is 31.5. The molecule has 2 atom stereocenters. The number of benzene rings is 1. The second-order valence-corrected chi connectivity index (χ2v) is 11.8. The molecule has 0 spiro atoms. The lowest BCUT2D eigenvalue weighted by atomic mass is 9.94. The third-order valence-electron chi connectivity index (χ3n) is 8.91. The number of likely N-dealkylation sites (tertiary alicyclic amines) is 1. The number of ether oxygens (including phenoxy) is 3. The number of carboxylic acid groups (broad SMARTS) is 1. The van der Waals surface area contributed by atoms with E-state index in [9.17, 15) is 14.3 Å². The number of hydrogen-bond acceptors (Lipinski definition) is 7. The zero-order valence-electron chi connectivity index (χ0n) is 24.8. The zero-order valence-corrected chi connectivity index (χ0v) is 24.8. The topological polar surface area (TPSA) is 93.2 Å². The molecule has 8 nitrogen and oxygen atoms in total. The number of anilines is 1. The molecule has 2 saturated heterocycles. The molecule has 43 heavy (non-hydrogen) atoms. The third-order valence-corrected chi connectivity index (χ3v) is 8.91. The maximum absolute atomic E-state index is 15.4. The minimum Gasteiger partial charge on any atom is -0.496 e. The fourth-order valence-electron chi connectivity index (χ4n) is 6.49. The van der Waals surface area contributed by atoms with Gasteiger partial charge in [0, 0.05) is 56.0 Å². The highest BCUT2D eigenvalue weighted by atomic mass is 19.3. The fraction of sp³-hybridized carbons (Fsp3) is 0.625. The first-order valence-electron chi connectivity index (χ1n) is 15.4. The molecule has 0 radical (unpaired) electrons. The second-order valence-electron chi connectivity index (χ2n) is 11.8. The fourth-order valence-corrected chi connectivity index (χ4v) is 6.49. The molecular formula is C32H42F3N3O5. The lowest BCUT2D eigenvalue weighted by Crippen LogP contribution is -2.36. The molecule has 0 bridgehead atoms. The lowest BCUT2D eigenvalue weighted by molar-refractivity contribution is -0.143. The van der Waals surface area contributed by atoms with Crippen molar-refractivity contribution in [1.82, 2.24) is 9.88 Å². The molecule has 2 aromatic rings. The number of nitrogens with one attached hydrogen (secondary N) is 1. The van der Waals surface area contributed by atoms with Crippen LogP contribution in [0.4, 0.5) is 19.0 Å². The van der Waals surface area contributed by atoms with Crippen LogP contribution < -0.4 is 10.1 Å². The van der Waals surface area contributed by atoms with Crippen LogP contribution in [-0.4, -0.2) is 72.9 Å². The van der Waals surface area contributed by atoms with Crippen molar-refractivity contribution in [3.8, 4) is 5.75 Å². The van der Waals surface area contributed by atoms with Crippen molar-refractivity contribution in [2.75, 3.05) is 45.3 Å². The van der Waals surface area contributed by atoms with Gasteiger partial charge in [-0.05, 0) is 81.2 Å². The number of aliphatic carboxylic acids is 1. The molecule has 236 valence electrons. The summed E-state index contributed by atoms with van der Waals surface area (Å²) in [5.41, 5.74) is 2.69. The van der Waals surface area contributed by atoms with Crippen LogP contribution in [0.2, 0.25) is 0 Å². The zero-order chi connectivity index (χ0) is 30.4. The van der Waals surface area contributed by atoms with Gasteiger partial charge in [-0.15, -0.1) is 0 Å². The van der Waals surface area contributed by atoms with E-state index in [1.807, 2.05) is 6.07 Å². The number of aryl methyl sites for hydroxylation is 1. The number of fused-ring (bicyclic) bond motifs is 1. The van der Waals surface area contributed by atoms with Gasteiger partial charge in [-0.2, -0.15) is 0 Å². The Balaban J connectivity index is 1.18. The molecule has 1 aromatic heterocycles. The van der Waals surface area contributed by atoms with Gasteiger partial charge < -0.3 is 24.6 Å². The van der Waals surface area contributed by atoms with Crippen LogP contribution in [0.1, 0.15) is 73.4 Å². The van der Waals surface area contributed by atoms with E-state index in [-0.39, 0.29) is 44.2 Å². The van der Waals surface area contributed by atoms with Gasteiger partial charge in [0.15, 0.2) is 0 Å². The van der Waals surface area contributed by atoms with E-state index in [4.69, 9.17) is 14.2 Å². The Hall–Kier alpha value is -2.89. The van der Waals surface area contributed by atoms with Gasteiger partial charge in [0.1, 0.15) is 23.4 Å². The highest BCUT2D eigenvalue weighted by molar-refractivity contribution is 5.76. The van der Waals surface area contributed by atoms with Crippen molar-refractivity contribution < 1.29 is 37.3 Å². The molecule has 11 heteroatoms. The number of rotatable bonds is 13. The molecule has 0 amide bonds. The van der Waals surface area contributed by atoms with Crippen LogP contribution in [-0.2, 0) is 33.7 Å². The molecule has 0 saturated carbocycles. The monoisotopic (exact) mass is 605 g/mol. The number of methoxy groups -OCH3 is 1. The van der Waals surface area contributed by atoms with E-state index >= 15 is 8.78 Å². The van der Waals surface area contributed by atoms with E-state index in [1.54, 1.807) is 12.0 Å². The normalized spacial score (nSPS) is 20.4. The summed E-state index contributed by atoms with van der Waals surface area (Å²) in [7, 11) is 1.63. The molecular weight excluding hydrogens is 563 g/mol. The smallest absolute Gasteiger partial charge is 0.325 e. The maximum atomic E-state index is 15.4. The van der Waals surface area contributed by atoms with Gasteiger partial charge >= 0.3 is 5.97 Å². The van der Waals surface area contributed by atoms with Gasteiger partial charge in [0.25, 0.3) is 5.92 Å². The Morgan fingerprint density at radius 2 is 2.05 bits per heavy atom. The first-order chi connectivity index (χ1) is 20.7. The Morgan fingerprint density at radius 1 is 1.23 bits per heavy atom. The van der Waals surface area contributed by atoms with Crippen LogP contribution >= 0.6 is 0 Å². The van der Waals surface area contributed by atoms with E-state index in [2.05, 4.69) is 10.3 Å². The largest absolute Gasteiger partial charge is 0.496 e. The highest BCUT2D eigenvalue weighted by Gasteiger charge is 2.45. The minimum absolute atomic E-state index is 0.0217. The molecule has 2 fully saturated rings. The van der Waals surface area contributed by atoms with Crippen LogP contribution in [0.15, 0.2) is 24.3 Å². The van der Waals surface area contributed by atoms with Gasteiger partial charge in [-0.3, -0.25) is 9.69 Å². The highest BCUT2D eigenvalue weighted by Crippen LogP contribution is 2.40. The predicted octanol–water partition coefficient (Wildman–Crippen LogP) is 5.78. The number of unbranched alkanes of at least 4 members (excludes halogenated alkanes) is 1. The second kappa shape index (κ2) is 14.3. The standard InChI is InChI=1S/C32H42F3N3O5/c1-41-28-18-24(37-30-26(28)6-4-13-36-30)5-2-3-12-32(34,35)22-9-14-38(19-22)29(31(39)40)27-17-23(33)8-7-21(27)20-43-25-10-15-42-16-11-25/h7-8,17-18,22,25,29H,2-6,9-16,19-20H2,1H3,(H,36,37)(H,39,40)/t22-,29-/m1/s1. The van der Waals surface area contributed by atoms with Gasteiger partial charge in [0.2, 0.25) is 0 Å². The van der Waals surface area contributed by atoms with Crippen LogP contribution in [0.25, 0.3) is 0 Å². The third kappa shape index (κ3) is 7.80. The van der Waals surface area contributed by atoms with E-state index in [0.717, 1.165) is 55.1 Å². The van der Waals surface area contributed by atoms with Gasteiger partial charge in [0.05, 0.1) is 19.8 Å². The number of carbonyl (C=O) groups is 1. The maximum Gasteiger partial charge on any atom is 0.325 e. The summed E-state index contributed by atoms with van der Waals surface area (Å²) in [6, 6.07) is 4.68. The molecule has 5 rings (SSSR count). The van der Waals surface area contributed by atoms with Crippen molar-refractivity contribution in [1.29, 1.82) is 0 Å². The Bertz CT molecular complexity index is 1240. The first-order valence-corrected chi connectivity index (χ1v) is 15.4. The molecule has 3 aliphatic heterocycles. The van der Waals surface area contributed by atoms with Gasteiger partial charge in [-0.1, -0.05) is 6.07 Å². The molecule has 0 unspecified atom stereocenters. The predicted molar refractivity (Wildman–Crippen MR) is 155 cm³/mol. The molecule has 3 aliphatic rings. The van der Waals surface area contributed by atoms with Crippen LogP contribution in [0.5, 0.6) is 5.75 Å². The number of alkyl halides is 2. The van der Waals surface area contributed by atoms with E-state index in [1.165, 1.54) is 18.2 Å². The number of nitrogens with zero attached hydrogens (tertiary/aromatic N) is 2. The SMILES string of the molecule is COc1cc(CCCCC(F)(F)[C@@H]2CCN([C@@H](C(=O)O)c3cc(F)ccc3COC3CCOCC3)C2)nc2c1CCCN2. The Labute approximate surface area is 250 Å². The summed E-state index contributed by atoms with van der Waals surface area (Å²) >= 11 is 0. The average Bonchev–Trinajstić information content (AvgIpc) is 3.50. The number of pyridine rings is 1. The number of aromatic nitrogens is 1. The van der Waals surface area contributed by atoms with Crippen molar-refractivity contribution >= 4 is 11.8 Å². The lowest BCUT2D eigenvalue weighted by Gasteiger charge is -2.29. The number of hydrogen-bond donors (Lipinski definition) is 2. The molecule has 0 aliphatic carbocycles. The van der Waals surface area contributed by atoms with E-state index in [0.29, 0.717) is 38.0 Å². The number of carboxylic acids is 1. The van der Waals surface area contributed by atoms with Crippen molar-refractivity contribution in [2.45, 2.75) is 82.5 Å². The summed E-state index contributed by atoms with van der Waals surface area (Å²) in [5, 5.41) is 13.5. The van der Waals surface area contributed by atoms with Crippen molar-refractivity contribution in [3.05, 3.63) is 52.5 Å². The Kier molecular flexibility index (Phi) is 10.5. The van der Waals surface area contributed by atoms with Crippen molar-refractivity contribution in [3.63, 3.8) is 0 Å². The molecule has 4 heterocycles. The summed E-state index contributed by atoms with van der Waals surface area (Å²) < 4.78 is 62.0. The summed E-state index contributed by atoms with van der Waals surface area (Å²) in [6.07, 6.45) is 4.69. The van der Waals surface area contributed by atoms with E-state index < -0.39 is 29.7 Å².